The van der Waals surface area contributed by atoms with Crippen molar-refractivity contribution in [3.8, 4) is 0 Å². The normalized spacial score (nSPS) is 31.9. The first kappa shape index (κ1) is 21.9. The van der Waals surface area contributed by atoms with Gasteiger partial charge < -0.3 is 30.1 Å². The second kappa shape index (κ2) is 8.72. The van der Waals surface area contributed by atoms with Gasteiger partial charge in [-0.05, 0) is 26.8 Å². The van der Waals surface area contributed by atoms with Gasteiger partial charge >= 0.3 is 6.18 Å². The van der Waals surface area contributed by atoms with E-state index in [1.165, 1.54) is 0 Å². The van der Waals surface area contributed by atoms with Gasteiger partial charge in [0, 0.05) is 32.2 Å². The number of hydrogen-bond donors (Lipinski definition) is 3. The standard InChI is InChI=1S/C16H26F3N3O5/c1-9-5-21(2)8-12(27-9)14(25)20-10-3-4-11(23)7-22(6-10)15(26)13(24)16(17,18)19/h9-13,23-24H,3-8H2,1-2H3,(H,20,25)/t9?,10-,11+,12?,13?/m1/s1. The van der Waals surface area contributed by atoms with Crippen LogP contribution in [0.4, 0.5) is 13.2 Å². The SMILES string of the molecule is CC1CN(C)CC(C(=O)N[C@@H]2CC[C@H](O)CN(C(=O)C(O)C(F)(F)F)C2)O1. The number of ether oxygens (including phenoxy) is 1. The number of alkyl halides is 3. The highest BCUT2D eigenvalue weighted by atomic mass is 19.4. The molecule has 5 atom stereocenters. The highest BCUT2D eigenvalue weighted by Gasteiger charge is 2.46. The first-order valence-electron chi connectivity index (χ1n) is 8.83. The highest BCUT2D eigenvalue weighted by Crippen LogP contribution is 2.23. The lowest BCUT2D eigenvalue weighted by atomic mass is 10.1. The van der Waals surface area contributed by atoms with Crippen molar-refractivity contribution in [3.63, 3.8) is 0 Å². The number of halogens is 3. The van der Waals surface area contributed by atoms with Crippen LogP contribution in [0.15, 0.2) is 0 Å². The number of β-amino-alcohol motifs (C(OH)–C–C–N with tert-alkyl or cyclic N) is 1. The van der Waals surface area contributed by atoms with Crippen LogP contribution in [0.2, 0.25) is 0 Å². The molecule has 2 aliphatic heterocycles. The van der Waals surface area contributed by atoms with Gasteiger partial charge in [-0.15, -0.1) is 0 Å². The molecule has 0 aromatic carbocycles. The van der Waals surface area contributed by atoms with Crippen LogP contribution in [0.25, 0.3) is 0 Å². The van der Waals surface area contributed by atoms with E-state index in [-0.39, 0.29) is 32.0 Å². The summed E-state index contributed by atoms with van der Waals surface area (Å²) in [4.78, 5) is 27.1. The van der Waals surface area contributed by atoms with Crippen molar-refractivity contribution < 1.29 is 37.7 Å². The number of amides is 2. The van der Waals surface area contributed by atoms with Crippen molar-refractivity contribution in [1.82, 2.24) is 15.1 Å². The molecule has 0 bridgehead atoms. The number of likely N-dealkylation sites (N-methyl/N-ethyl adjacent to an activating group) is 1. The topological polar surface area (TPSA) is 102 Å². The molecule has 3 unspecified atom stereocenters. The molecule has 2 heterocycles. The Morgan fingerprint density at radius 2 is 1.85 bits per heavy atom. The van der Waals surface area contributed by atoms with Crippen molar-refractivity contribution in [2.75, 3.05) is 33.2 Å². The zero-order chi connectivity index (χ0) is 20.4. The minimum atomic E-state index is -5.09. The minimum Gasteiger partial charge on any atom is -0.391 e. The van der Waals surface area contributed by atoms with Gasteiger partial charge in [-0.1, -0.05) is 0 Å². The average molecular weight is 397 g/mol. The molecule has 2 amide bonds. The molecule has 2 saturated heterocycles. The fraction of sp³-hybridized carbons (Fsp3) is 0.875. The largest absolute Gasteiger partial charge is 0.423 e. The number of likely N-dealkylation sites (tertiary alicyclic amines) is 1. The van der Waals surface area contributed by atoms with E-state index in [0.29, 0.717) is 13.1 Å². The van der Waals surface area contributed by atoms with Crippen LogP contribution in [-0.2, 0) is 14.3 Å². The third-order valence-corrected chi connectivity index (χ3v) is 4.66. The fourth-order valence-corrected chi connectivity index (χ4v) is 3.38. The van der Waals surface area contributed by atoms with Crippen LogP contribution in [0.1, 0.15) is 19.8 Å². The molecule has 2 fully saturated rings. The molecule has 0 aliphatic carbocycles. The Morgan fingerprint density at radius 3 is 2.44 bits per heavy atom. The lowest BCUT2D eigenvalue weighted by Gasteiger charge is -2.34. The summed E-state index contributed by atoms with van der Waals surface area (Å²) >= 11 is 0. The molecular weight excluding hydrogens is 371 g/mol. The molecule has 156 valence electrons. The Kier molecular flexibility index (Phi) is 7.06. The van der Waals surface area contributed by atoms with Gasteiger partial charge in [0.05, 0.1) is 12.2 Å². The molecule has 0 aromatic rings. The van der Waals surface area contributed by atoms with Gasteiger partial charge in [0.15, 0.2) is 0 Å². The summed E-state index contributed by atoms with van der Waals surface area (Å²) in [6.07, 6.45) is -9.66. The summed E-state index contributed by atoms with van der Waals surface area (Å²) in [6, 6.07) is -0.648. The van der Waals surface area contributed by atoms with E-state index in [9.17, 15) is 33.0 Å². The van der Waals surface area contributed by atoms with Gasteiger partial charge in [-0.3, -0.25) is 9.59 Å². The Bertz CT molecular complexity index is 538. The number of nitrogens with zero attached hydrogens (tertiary/aromatic N) is 2. The zero-order valence-corrected chi connectivity index (χ0v) is 15.3. The van der Waals surface area contributed by atoms with E-state index >= 15 is 0 Å². The summed E-state index contributed by atoms with van der Waals surface area (Å²) in [5.41, 5.74) is 0. The summed E-state index contributed by atoms with van der Waals surface area (Å²) in [7, 11) is 1.85. The molecule has 8 nitrogen and oxygen atoms in total. The number of aliphatic hydroxyl groups excluding tert-OH is 2. The summed E-state index contributed by atoms with van der Waals surface area (Å²) < 4.78 is 43.5. The molecule has 11 heteroatoms. The average Bonchev–Trinajstić information content (AvgIpc) is 2.73. The molecule has 0 spiro atoms. The molecule has 2 rings (SSSR count). The van der Waals surface area contributed by atoms with Gasteiger partial charge in [0.2, 0.25) is 6.10 Å². The van der Waals surface area contributed by atoms with Crippen molar-refractivity contribution >= 4 is 11.8 Å². The van der Waals surface area contributed by atoms with Crippen LogP contribution >= 0.6 is 0 Å². The monoisotopic (exact) mass is 397 g/mol. The third kappa shape index (κ3) is 6.03. The Hall–Kier alpha value is -1.43. The fourth-order valence-electron chi connectivity index (χ4n) is 3.38. The van der Waals surface area contributed by atoms with Gasteiger partial charge in [-0.2, -0.15) is 13.2 Å². The van der Waals surface area contributed by atoms with Crippen LogP contribution < -0.4 is 5.32 Å². The molecule has 27 heavy (non-hydrogen) atoms. The maximum atomic E-state index is 12.6. The van der Waals surface area contributed by atoms with E-state index in [1.54, 1.807) is 0 Å². The van der Waals surface area contributed by atoms with E-state index in [2.05, 4.69) is 5.32 Å². The summed E-state index contributed by atoms with van der Waals surface area (Å²) in [6.45, 7) is 2.32. The lowest BCUT2D eigenvalue weighted by Crippen LogP contribution is -2.55. The van der Waals surface area contributed by atoms with Crippen molar-refractivity contribution in [2.45, 2.75) is 56.4 Å². The second-order valence-electron chi connectivity index (χ2n) is 7.28. The van der Waals surface area contributed by atoms with Gasteiger partial charge in [0.1, 0.15) is 6.10 Å². The van der Waals surface area contributed by atoms with E-state index in [1.807, 2.05) is 18.9 Å². The smallest absolute Gasteiger partial charge is 0.391 e. The van der Waals surface area contributed by atoms with Crippen molar-refractivity contribution in [2.24, 2.45) is 0 Å². The second-order valence-corrected chi connectivity index (χ2v) is 7.28. The van der Waals surface area contributed by atoms with Crippen LogP contribution in [0.5, 0.6) is 0 Å². The number of rotatable bonds is 3. The lowest BCUT2D eigenvalue weighted by molar-refractivity contribution is -0.211. The molecule has 0 aromatic heterocycles. The summed E-state index contributed by atoms with van der Waals surface area (Å²) in [5.74, 6) is -1.96. The molecule has 2 aliphatic rings. The van der Waals surface area contributed by atoms with Gasteiger partial charge in [0.25, 0.3) is 11.8 Å². The molecular formula is C16H26F3N3O5. The predicted molar refractivity (Wildman–Crippen MR) is 87.6 cm³/mol. The van der Waals surface area contributed by atoms with Crippen molar-refractivity contribution in [1.29, 1.82) is 0 Å². The Balaban J connectivity index is 2.02. The van der Waals surface area contributed by atoms with Crippen LogP contribution in [-0.4, -0.2) is 102 Å². The maximum absolute atomic E-state index is 12.6. The number of nitrogens with one attached hydrogen (secondary N) is 1. The van der Waals surface area contributed by atoms with E-state index < -0.39 is 42.3 Å². The molecule has 0 radical (unpaired) electrons. The summed E-state index contributed by atoms with van der Waals surface area (Å²) in [5, 5.41) is 21.8. The highest BCUT2D eigenvalue weighted by molar-refractivity contribution is 5.83. The zero-order valence-electron chi connectivity index (χ0n) is 15.3. The third-order valence-electron chi connectivity index (χ3n) is 4.66. The predicted octanol–water partition coefficient (Wildman–Crippen LogP) is -0.903. The number of aliphatic hydroxyl groups is 2. The molecule has 0 saturated carbocycles. The molecule has 3 N–H and O–H groups in total. The Morgan fingerprint density at radius 1 is 1.19 bits per heavy atom. The number of carbonyl (C=O) groups excluding carboxylic acids is 2. The number of hydrogen-bond acceptors (Lipinski definition) is 6. The van der Waals surface area contributed by atoms with E-state index in [0.717, 1.165) is 4.90 Å². The van der Waals surface area contributed by atoms with Crippen LogP contribution in [0, 0.1) is 0 Å². The number of carbonyl (C=O) groups is 2. The first-order chi connectivity index (χ1) is 12.5. The quantitative estimate of drug-likeness (QED) is 0.570. The van der Waals surface area contributed by atoms with Gasteiger partial charge in [-0.25, -0.2) is 0 Å². The Labute approximate surface area is 155 Å². The van der Waals surface area contributed by atoms with Crippen LogP contribution in [0.3, 0.4) is 0 Å². The van der Waals surface area contributed by atoms with Crippen molar-refractivity contribution in [3.05, 3.63) is 0 Å². The minimum absolute atomic E-state index is 0.143. The number of morpholine rings is 1. The van der Waals surface area contributed by atoms with E-state index in [4.69, 9.17) is 4.74 Å². The maximum Gasteiger partial charge on any atom is 0.423 e. The first-order valence-corrected chi connectivity index (χ1v) is 8.83.